The van der Waals surface area contributed by atoms with Crippen molar-refractivity contribution in [1.82, 2.24) is 0 Å². The Kier molecular flexibility index (Phi) is 5.11. The maximum absolute atomic E-state index is 6.86. The second-order valence-electron chi connectivity index (χ2n) is 11.1. The highest BCUT2D eigenvalue weighted by Gasteiger charge is 2.58. The first-order chi connectivity index (χ1) is 20.2. The van der Waals surface area contributed by atoms with E-state index in [0.717, 1.165) is 46.2 Å². The van der Waals surface area contributed by atoms with Gasteiger partial charge in [-0.05, 0) is 52.8 Å². The maximum Gasteiger partial charge on any atom is 0.146 e. The molecule has 0 atom stereocenters. The van der Waals surface area contributed by atoms with Crippen LogP contribution in [-0.2, 0) is 10.8 Å². The molecule has 4 heteroatoms. The molecule has 41 heavy (non-hydrogen) atoms. The van der Waals surface area contributed by atoms with Gasteiger partial charge in [0.1, 0.15) is 22.8 Å². The van der Waals surface area contributed by atoms with Crippen LogP contribution in [0.25, 0.3) is 21.9 Å². The number of aliphatic imine (C=N–C) groups is 2. The number of para-hydroxylation sites is 2. The monoisotopic (exact) mass is 531 g/mol. The molecule has 0 spiro atoms. The number of hydrogen-bond donors (Lipinski definition) is 1. The zero-order valence-electron chi connectivity index (χ0n) is 22.8. The molecule has 1 heterocycles. The summed E-state index contributed by atoms with van der Waals surface area (Å²) >= 11 is 0. The van der Waals surface area contributed by atoms with Crippen molar-refractivity contribution in [2.24, 2.45) is 15.7 Å². The second kappa shape index (κ2) is 8.77. The van der Waals surface area contributed by atoms with Crippen LogP contribution >= 0.6 is 0 Å². The molecule has 1 aromatic heterocycles. The van der Waals surface area contributed by atoms with Crippen molar-refractivity contribution in [2.75, 3.05) is 7.05 Å². The van der Waals surface area contributed by atoms with Crippen LogP contribution in [-0.4, -0.2) is 18.7 Å². The zero-order valence-corrected chi connectivity index (χ0v) is 22.8. The summed E-state index contributed by atoms with van der Waals surface area (Å²) in [6, 6.07) is 42.8. The Bertz CT molecular complexity index is 1980. The topological polar surface area (TPSA) is 63.9 Å². The molecule has 5 aromatic carbocycles. The Morgan fingerprint density at radius 3 is 1.98 bits per heavy atom. The van der Waals surface area contributed by atoms with Crippen LogP contribution in [0.2, 0.25) is 0 Å². The van der Waals surface area contributed by atoms with Gasteiger partial charge in [-0.2, -0.15) is 0 Å². The minimum atomic E-state index is -0.509. The highest BCUT2D eigenvalue weighted by Crippen LogP contribution is 2.62. The SMILES string of the molecule is CN=C(N=C(N)c1cccc2c1oc1ccccc12)C12CCC(c3ccccc3)(c3ccccc31)c1ccccc12. The van der Waals surface area contributed by atoms with E-state index in [1.165, 1.54) is 27.8 Å². The Morgan fingerprint density at radius 2 is 1.27 bits per heavy atom. The third-order valence-electron chi connectivity index (χ3n) is 9.33. The molecule has 0 saturated carbocycles. The first-order valence-corrected chi connectivity index (χ1v) is 14.2. The lowest BCUT2D eigenvalue weighted by atomic mass is 9.47. The maximum atomic E-state index is 6.86. The van der Waals surface area contributed by atoms with E-state index in [0.29, 0.717) is 5.84 Å². The highest BCUT2D eigenvalue weighted by molar-refractivity contribution is 6.17. The largest absolute Gasteiger partial charge is 0.455 e. The van der Waals surface area contributed by atoms with E-state index in [2.05, 4.69) is 91.0 Å². The third kappa shape index (κ3) is 3.10. The van der Waals surface area contributed by atoms with E-state index in [-0.39, 0.29) is 5.41 Å². The van der Waals surface area contributed by atoms with E-state index in [1.807, 2.05) is 37.4 Å². The number of furan rings is 1. The summed E-state index contributed by atoms with van der Waals surface area (Å²) in [6.07, 6.45) is 1.84. The first-order valence-electron chi connectivity index (χ1n) is 14.2. The van der Waals surface area contributed by atoms with Gasteiger partial charge in [-0.3, -0.25) is 4.99 Å². The summed E-state index contributed by atoms with van der Waals surface area (Å²) < 4.78 is 6.30. The molecule has 3 aliphatic carbocycles. The Labute approximate surface area is 238 Å². The first kappa shape index (κ1) is 23.9. The summed E-state index contributed by atoms with van der Waals surface area (Å²) in [7, 11) is 1.83. The van der Waals surface area contributed by atoms with Crippen molar-refractivity contribution in [1.29, 1.82) is 0 Å². The van der Waals surface area contributed by atoms with Gasteiger partial charge in [0.2, 0.25) is 0 Å². The van der Waals surface area contributed by atoms with E-state index in [4.69, 9.17) is 20.1 Å². The van der Waals surface area contributed by atoms with Crippen molar-refractivity contribution in [3.8, 4) is 0 Å². The van der Waals surface area contributed by atoms with Gasteiger partial charge >= 0.3 is 0 Å². The molecule has 9 rings (SSSR count). The van der Waals surface area contributed by atoms with Crippen LogP contribution in [0.5, 0.6) is 0 Å². The van der Waals surface area contributed by atoms with Gasteiger partial charge in [0.15, 0.2) is 0 Å². The molecule has 4 nitrogen and oxygen atoms in total. The van der Waals surface area contributed by atoms with Gasteiger partial charge in [-0.1, -0.05) is 109 Å². The minimum absolute atomic E-state index is 0.218. The normalized spacial score (nSPS) is 21.7. The summed E-state index contributed by atoms with van der Waals surface area (Å²) in [5.41, 5.74) is 15.0. The number of hydrogen-bond acceptors (Lipinski definition) is 2. The molecule has 0 fully saturated rings. The minimum Gasteiger partial charge on any atom is -0.455 e. The average molecular weight is 532 g/mol. The molecule has 0 unspecified atom stereocenters. The smallest absolute Gasteiger partial charge is 0.146 e. The van der Waals surface area contributed by atoms with Crippen molar-refractivity contribution in [2.45, 2.75) is 23.7 Å². The molecule has 0 radical (unpaired) electrons. The molecule has 198 valence electrons. The predicted octanol–water partition coefficient (Wildman–Crippen LogP) is 7.75. The van der Waals surface area contributed by atoms with E-state index >= 15 is 0 Å². The third-order valence-corrected chi connectivity index (χ3v) is 9.33. The predicted molar refractivity (Wildman–Crippen MR) is 167 cm³/mol. The van der Waals surface area contributed by atoms with Crippen molar-refractivity contribution >= 4 is 33.6 Å². The number of nitrogens with two attached hydrogens (primary N) is 1. The summed E-state index contributed by atoms with van der Waals surface area (Å²) in [4.78, 5) is 10.0. The molecular weight excluding hydrogens is 502 g/mol. The molecule has 2 N–H and O–H groups in total. The lowest BCUT2D eigenvalue weighted by Crippen LogP contribution is -2.53. The second-order valence-corrected chi connectivity index (χ2v) is 11.1. The number of rotatable bonds is 3. The molecule has 2 bridgehead atoms. The molecule has 3 aliphatic rings. The highest BCUT2D eigenvalue weighted by atomic mass is 16.3. The molecule has 0 saturated heterocycles. The summed E-state index contributed by atoms with van der Waals surface area (Å²) in [5, 5.41) is 2.10. The molecule has 6 aromatic rings. The zero-order chi connectivity index (χ0) is 27.6. The van der Waals surface area contributed by atoms with E-state index in [1.54, 1.807) is 0 Å². The number of benzene rings is 5. The standard InChI is InChI=1S/C37H29N3O/c1-39-35(40-34(38)27-16-11-15-26-25-14-5-10-21-32(25)41-33(26)27)37-23-22-36(24-12-3-2-4-13-24,28-17-6-8-19-30(28)37)29-18-7-9-20-31(29)37/h2-21H,22-23H2,1H3,(H2,38,39,40). The Morgan fingerprint density at radius 1 is 0.659 bits per heavy atom. The van der Waals surface area contributed by atoms with Gasteiger partial charge in [-0.25, -0.2) is 4.99 Å². The summed E-state index contributed by atoms with van der Waals surface area (Å²) in [5.74, 6) is 1.13. The van der Waals surface area contributed by atoms with Gasteiger partial charge in [0, 0.05) is 23.2 Å². The van der Waals surface area contributed by atoms with Gasteiger partial charge in [0.05, 0.1) is 11.0 Å². The Hall–Kier alpha value is -4.96. The van der Waals surface area contributed by atoms with Crippen LogP contribution in [0.1, 0.15) is 46.2 Å². The fourth-order valence-corrected chi connectivity index (χ4v) is 7.65. The quantitative estimate of drug-likeness (QED) is 0.187. The van der Waals surface area contributed by atoms with Crippen molar-refractivity contribution < 1.29 is 4.42 Å². The number of amidine groups is 2. The number of nitrogens with zero attached hydrogens (tertiary/aromatic N) is 2. The van der Waals surface area contributed by atoms with Crippen molar-refractivity contribution in [3.63, 3.8) is 0 Å². The van der Waals surface area contributed by atoms with Gasteiger partial charge in [0.25, 0.3) is 0 Å². The molecular formula is C37H29N3O. The molecule has 0 amide bonds. The lowest BCUT2D eigenvalue weighted by molar-refractivity contribution is 0.386. The van der Waals surface area contributed by atoms with Gasteiger partial charge in [-0.15, -0.1) is 0 Å². The summed E-state index contributed by atoms with van der Waals surface area (Å²) in [6.45, 7) is 0. The van der Waals surface area contributed by atoms with Crippen LogP contribution in [0.3, 0.4) is 0 Å². The Balaban J connectivity index is 1.36. The van der Waals surface area contributed by atoms with Crippen LogP contribution in [0.4, 0.5) is 0 Å². The van der Waals surface area contributed by atoms with Gasteiger partial charge < -0.3 is 10.2 Å². The van der Waals surface area contributed by atoms with Crippen LogP contribution in [0, 0.1) is 0 Å². The fraction of sp³-hybridized carbons (Fsp3) is 0.135. The van der Waals surface area contributed by atoms with Crippen LogP contribution in [0.15, 0.2) is 136 Å². The van der Waals surface area contributed by atoms with E-state index < -0.39 is 5.41 Å². The molecule has 0 aliphatic heterocycles. The number of fused-ring (bicyclic) bond motifs is 4. The van der Waals surface area contributed by atoms with Crippen molar-refractivity contribution in [3.05, 3.63) is 155 Å². The fourth-order valence-electron chi connectivity index (χ4n) is 7.65. The lowest BCUT2D eigenvalue weighted by Gasteiger charge is -2.55. The van der Waals surface area contributed by atoms with Crippen LogP contribution < -0.4 is 5.73 Å². The average Bonchev–Trinajstić information content (AvgIpc) is 3.43. The van der Waals surface area contributed by atoms with E-state index in [9.17, 15) is 0 Å².